The zero-order valence-corrected chi connectivity index (χ0v) is 11.8. The number of aromatic hydroxyl groups is 2. The summed E-state index contributed by atoms with van der Waals surface area (Å²) in [4.78, 5) is 4.25. The van der Waals surface area contributed by atoms with E-state index in [1.54, 1.807) is 6.07 Å². The van der Waals surface area contributed by atoms with Crippen molar-refractivity contribution in [2.75, 3.05) is 0 Å². The molecular formula is C14H19N3O3. The molecule has 20 heavy (non-hydrogen) atoms. The van der Waals surface area contributed by atoms with Crippen molar-refractivity contribution < 1.29 is 14.7 Å². The first-order valence-corrected chi connectivity index (χ1v) is 6.38. The lowest BCUT2D eigenvalue weighted by atomic mass is 9.85. The molecule has 1 aromatic heterocycles. The number of hydrogen-bond donors (Lipinski definition) is 3. The molecule has 0 aliphatic rings. The minimum atomic E-state index is -0.222. The van der Waals surface area contributed by atoms with Gasteiger partial charge in [-0.3, -0.25) is 0 Å². The Morgan fingerprint density at radius 1 is 1.25 bits per heavy atom. The third kappa shape index (κ3) is 3.08. The number of hydrogen-bond acceptors (Lipinski definition) is 6. The van der Waals surface area contributed by atoms with Crippen LogP contribution in [0.2, 0.25) is 0 Å². The van der Waals surface area contributed by atoms with E-state index in [4.69, 9.17) is 10.3 Å². The highest BCUT2D eigenvalue weighted by molar-refractivity contribution is 5.59. The van der Waals surface area contributed by atoms with E-state index in [1.165, 1.54) is 12.1 Å². The van der Waals surface area contributed by atoms with E-state index in [1.807, 2.05) is 20.8 Å². The molecule has 0 spiro atoms. The molecule has 0 saturated heterocycles. The SMILES string of the molecule is CC(C)(C)C(N)Cc1nc(-c2ccc(O)c(O)c2)no1. The van der Waals surface area contributed by atoms with Crippen molar-refractivity contribution in [2.45, 2.75) is 33.2 Å². The minimum absolute atomic E-state index is 0.0502. The lowest BCUT2D eigenvalue weighted by Gasteiger charge is -2.25. The van der Waals surface area contributed by atoms with Crippen LogP contribution in [0.1, 0.15) is 26.7 Å². The first-order chi connectivity index (χ1) is 9.27. The van der Waals surface area contributed by atoms with Crippen molar-refractivity contribution >= 4 is 0 Å². The predicted molar refractivity (Wildman–Crippen MR) is 74.2 cm³/mol. The fraction of sp³-hybridized carbons (Fsp3) is 0.429. The maximum absolute atomic E-state index is 9.46. The summed E-state index contributed by atoms with van der Waals surface area (Å²) in [5.41, 5.74) is 6.59. The van der Waals surface area contributed by atoms with E-state index in [2.05, 4.69) is 10.1 Å². The molecule has 0 aliphatic heterocycles. The van der Waals surface area contributed by atoms with Crippen molar-refractivity contribution in [3.63, 3.8) is 0 Å². The third-order valence-corrected chi connectivity index (χ3v) is 3.21. The van der Waals surface area contributed by atoms with E-state index in [-0.39, 0.29) is 23.0 Å². The van der Waals surface area contributed by atoms with E-state index in [0.29, 0.717) is 23.7 Å². The Hall–Kier alpha value is -2.08. The first kappa shape index (κ1) is 14.3. The van der Waals surface area contributed by atoms with Crippen LogP contribution >= 0.6 is 0 Å². The molecule has 0 fully saturated rings. The normalized spacial score (nSPS) is 13.4. The summed E-state index contributed by atoms with van der Waals surface area (Å²) in [7, 11) is 0. The molecule has 2 aromatic rings. The average Bonchev–Trinajstić information content (AvgIpc) is 2.80. The summed E-state index contributed by atoms with van der Waals surface area (Å²) in [6.07, 6.45) is 0.487. The molecule has 4 N–H and O–H groups in total. The summed E-state index contributed by atoms with van der Waals surface area (Å²) in [5, 5.41) is 22.6. The maximum atomic E-state index is 9.46. The molecule has 0 aliphatic carbocycles. The van der Waals surface area contributed by atoms with Crippen molar-refractivity contribution in [1.29, 1.82) is 0 Å². The Balaban J connectivity index is 2.18. The Morgan fingerprint density at radius 2 is 1.95 bits per heavy atom. The second-order valence-electron chi connectivity index (χ2n) is 5.89. The molecule has 1 unspecified atom stereocenters. The second-order valence-corrected chi connectivity index (χ2v) is 5.89. The summed E-state index contributed by atoms with van der Waals surface area (Å²) in [6, 6.07) is 4.27. The Labute approximate surface area is 117 Å². The summed E-state index contributed by atoms with van der Waals surface area (Å²) < 4.78 is 5.17. The molecule has 1 heterocycles. The van der Waals surface area contributed by atoms with Gasteiger partial charge in [-0.2, -0.15) is 4.98 Å². The number of nitrogens with zero attached hydrogens (tertiary/aromatic N) is 2. The zero-order valence-electron chi connectivity index (χ0n) is 11.8. The van der Waals surface area contributed by atoms with Crippen LogP contribution in [0, 0.1) is 5.41 Å². The van der Waals surface area contributed by atoms with E-state index in [9.17, 15) is 10.2 Å². The molecule has 6 nitrogen and oxygen atoms in total. The van der Waals surface area contributed by atoms with Gasteiger partial charge in [-0.25, -0.2) is 0 Å². The number of phenols is 2. The monoisotopic (exact) mass is 277 g/mol. The Kier molecular flexibility index (Phi) is 3.67. The molecule has 0 radical (unpaired) electrons. The predicted octanol–water partition coefficient (Wildman–Crippen LogP) is 2.06. The van der Waals surface area contributed by atoms with E-state index in [0.717, 1.165) is 0 Å². The molecule has 0 amide bonds. The quantitative estimate of drug-likeness (QED) is 0.742. The van der Waals surface area contributed by atoms with Gasteiger partial charge in [0.05, 0.1) is 0 Å². The lowest BCUT2D eigenvalue weighted by molar-refractivity contribution is 0.286. The summed E-state index contributed by atoms with van der Waals surface area (Å²) in [5.74, 6) is 0.402. The van der Waals surface area contributed by atoms with Crippen LogP contribution in [0.15, 0.2) is 22.7 Å². The van der Waals surface area contributed by atoms with E-state index >= 15 is 0 Å². The Bertz CT molecular complexity index is 602. The van der Waals surface area contributed by atoms with E-state index < -0.39 is 0 Å². The number of aromatic nitrogens is 2. The highest BCUT2D eigenvalue weighted by Gasteiger charge is 2.23. The van der Waals surface area contributed by atoms with Crippen molar-refractivity contribution in [3.05, 3.63) is 24.1 Å². The van der Waals surface area contributed by atoms with Gasteiger partial charge in [0.2, 0.25) is 11.7 Å². The maximum Gasteiger partial charge on any atom is 0.228 e. The molecule has 2 rings (SSSR count). The number of benzene rings is 1. The topological polar surface area (TPSA) is 105 Å². The van der Waals surface area contributed by atoms with Crippen LogP contribution in [0.4, 0.5) is 0 Å². The molecule has 1 aromatic carbocycles. The van der Waals surface area contributed by atoms with Crippen LogP contribution in [0.5, 0.6) is 11.5 Å². The van der Waals surface area contributed by atoms with Gasteiger partial charge in [0.15, 0.2) is 11.5 Å². The van der Waals surface area contributed by atoms with Gasteiger partial charge in [-0.15, -0.1) is 0 Å². The van der Waals surface area contributed by atoms with Gasteiger partial charge >= 0.3 is 0 Å². The summed E-state index contributed by atoms with van der Waals surface area (Å²) in [6.45, 7) is 6.15. The largest absolute Gasteiger partial charge is 0.504 e. The zero-order chi connectivity index (χ0) is 14.9. The van der Waals surface area contributed by atoms with Gasteiger partial charge in [0.1, 0.15) is 0 Å². The minimum Gasteiger partial charge on any atom is -0.504 e. The average molecular weight is 277 g/mol. The molecule has 1 atom stereocenters. The fourth-order valence-electron chi connectivity index (χ4n) is 1.61. The van der Waals surface area contributed by atoms with Gasteiger partial charge in [0.25, 0.3) is 0 Å². The molecule has 0 bridgehead atoms. The molecule has 108 valence electrons. The van der Waals surface area contributed by atoms with Crippen LogP contribution in [-0.4, -0.2) is 26.4 Å². The van der Waals surface area contributed by atoms with Gasteiger partial charge in [0, 0.05) is 18.0 Å². The standard InChI is InChI=1S/C14H19N3O3/c1-14(2,3)11(15)7-12-16-13(17-20-12)8-4-5-9(18)10(19)6-8/h4-6,11,18-19H,7,15H2,1-3H3. The molecule has 0 saturated carbocycles. The summed E-state index contributed by atoms with van der Waals surface area (Å²) >= 11 is 0. The number of rotatable bonds is 3. The van der Waals surface area contributed by atoms with Crippen LogP contribution in [-0.2, 0) is 6.42 Å². The second kappa shape index (κ2) is 5.13. The smallest absolute Gasteiger partial charge is 0.228 e. The van der Waals surface area contributed by atoms with Gasteiger partial charge in [-0.1, -0.05) is 25.9 Å². The van der Waals surface area contributed by atoms with Crippen LogP contribution in [0.25, 0.3) is 11.4 Å². The number of nitrogens with two attached hydrogens (primary N) is 1. The van der Waals surface area contributed by atoms with Crippen molar-refractivity contribution in [3.8, 4) is 22.9 Å². The first-order valence-electron chi connectivity index (χ1n) is 6.38. The highest BCUT2D eigenvalue weighted by Crippen LogP contribution is 2.29. The third-order valence-electron chi connectivity index (χ3n) is 3.21. The molecule has 6 heteroatoms. The van der Waals surface area contributed by atoms with Crippen LogP contribution in [0.3, 0.4) is 0 Å². The van der Waals surface area contributed by atoms with Gasteiger partial charge in [-0.05, 0) is 23.6 Å². The Morgan fingerprint density at radius 3 is 2.55 bits per heavy atom. The molecular weight excluding hydrogens is 258 g/mol. The van der Waals surface area contributed by atoms with Crippen molar-refractivity contribution in [2.24, 2.45) is 11.1 Å². The van der Waals surface area contributed by atoms with Crippen LogP contribution < -0.4 is 5.73 Å². The highest BCUT2D eigenvalue weighted by atomic mass is 16.5. The lowest BCUT2D eigenvalue weighted by Crippen LogP contribution is -2.36. The van der Waals surface area contributed by atoms with Gasteiger partial charge < -0.3 is 20.5 Å². The number of phenolic OH excluding ortho intramolecular Hbond substituents is 2. The van der Waals surface area contributed by atoms with Crippen molar-refractivity contribution in [1.82, 2.24) is 10.1 Å². The fourth-order valence-corrected chi connectivity index (χ4v) is 1.61.